The number of aliphatic hydroxyl groups excluding tert-OH is 1. The number of piperazine rings is 1. The highest BCUT2D eigenvalue weighted by Gasteiger charge is 2.40. The highest BCUT2D eigenvalue weighted by molar-refractivity contribution is 6.31. The van der Waals surface area contributed by atoms with E-state index in [9.17, 15) is 28.7 Å². The van der Waals surface area contributed by atoms with Gasteiger partial charge in [-0.15, -0.1) is 0 Å². The van der Waals surface area contributed by atoms with Crippen molar-refractivity contribution in [3.63, 3.8) is 0 Å². The maximum Gasteiger partial charge on any atom is 0.247 e. The molecule has 4 amide bonds. The first-order valence-electron chi connectivity index (χ1n) is 22.0. The van der Waals surface area contributed by atoms with Gasteiger partial charge in [0, 0.05) is 75.3 Å². The molecule has 0 radical (unpaired) electrons. The molecule has 62 heavy (non-hydrogen) atoms. The second-order valence-corrected chi connectivity index (χ2v) is 17.9. The Hall–Kier alpha value is -4.86. The fourth-order valence-corrected chi connectivity index (χ4v) is 8.13. The Balaban J connectivity index is 0.947. The smallest absolute Gasteiger partial charge is 0.247 e. The van der Waals surface area contributed by atoms with Gasteiger partial charge in [0.2, 0.25) is 23.6 Å². The molecule has 2 aliphatic rings. The van der Waals surface area contributed by atoms with Gasteiger partial charge in [0.15, 0.2) is 0 Å². The average molecular weight is 880 g/mol. The Morgan fingerprint density at radius 2 is 1.68 bits per heavy atom. The Morgan fingerprint density at radius 3 is 2.32 bits per heavy atom. The van der Waals surface area contributed by atoms with E-state index in [2.05, 4.69) is 37.4 Å². The summed E-state index contributed by atoms with van der Waals surface area (Å²) in [5.41, 5.74) is 1.10. The SMILES string of the molecule is C=CC(=O)Nc1cc2c(Nc3ccc(F)c(Cl)c3)ncnc2cc1OCCCN1CCN(C(=O)CCCCCCCCCC(=O)N[C@H](C(=O)N2C[C@H](O)C[C@H]2C)C(C)(C)C)CC1. The van der Waals surface area contributed by atoms with E-state index >= 15 is 0 Å². The number of halogens is 2. The van der Waals surface area contributed by atoms with E-state index in [-0.39, 0.29) is 28.8 Å². The molecule has 0 spiro atoms. The summed E-state index contributed by atoms with van der Waals surface area (Å²) in [5, 5.41) is 19.5. The molecule has 3 atom stereocenters. The van der Waals surface area contributed by atoms with Crippen molar-refractivity contribution in [3.8, 4) is 5.75 Å². The lowest BCUT2D eigenvalue weighted by atomic mass is 9.85. The summed E-state index contributed by atoms with van der Waals surface area (Å²) < 4.78 is 19.9. The van der Waals surface area contributed by atoms with Crippen molar-refractivity contribution >= 4 is 63.3 Å². The number of hydrogen-bond acceptors (Lipinski definition) is 10. The summed E-state index contributed by atoms with van der Waals surface area (Å²) >= 11 is 5.97. The third-order valence-electron chi connectivity index (χ3n) is 11.5. The molecule has 5 rings (SSSR count). The first-order chi connectivity index (χ1) is 29.6. The molecule has 2 aromatic carbocycles. The van der Waals surface area contributed by atoms with Gasteiger partial charge in [-0.2, -0.15) is 0 Å². The molecule has 2 aliphatic heterocycles. The lowest BCUT2D eigenvalue weighted by Crippen LogP contribution is -2.55. The molecule has 14 nitrogen and oxygen atoms in total. The second-order valence-electron chi connectivity index (χ2n) is 17.5. The Labute approximate surface area is 370 Å². The van der Waals surface area contributed by atoms with Crippen LogP contribution in [0, 0.1) is 11.2 Å². The highest BCUT2D eigenvalue weighted by atomic mass is 35.5. The van der Waals surface area contributed by atoms with Gasteiger partial charge in [-0.1, -0.05) is 71.1 Å². The zero-order valence-corrected chi connectivity index (χ0v) is 37.4. The van der Waals surface area contributed by atoms with Crippen LogP contribution in [0.1, 0.15) is 98.3 Å². The number of nitrogens with zero attached hydrogens (tertiary/aromatic N) is 5. The number of aliphatic hydroxyl groups is 1. The minimum Gasteiger partial charge on any atom is -0.491 e. The summed E-state index contributed by atoms with van der Waals surface area (Å²) in [6.07, 6.45) is 11.0. The number of rotatable bonds is 21. The summed E-state index contributed by atoms with van der Waals surface area (Å²) in [4.78, 5) is 66.1. The molecule has 4 N–H and O–H groups in total. The molecule has 1 aromatic heterocycles. The van der Waals surface area contributed by atoms with Gasteiger partial charge in [-0.05, 0) is 68.4 Å². The summed E-state index contributed by atoms with van der Waals surface area (Å²) in [7, 11) is 0. The molecule has 3 aromatic rings. The van der Waals surface area contributed by atoms with Crippen molar-refractivity contribution in [1.29, 1.82) is 0 Å². The number of hydrogen-bond donors (Lipinski definition) is 4. The number of anilines is 3. The molecule has 16 heteroatoms. The topological polar surface area (TPSA) is 169 Å². The van der Waals surface area contributed by atoms with Crippen LogP contribution in [0.2, 0.25) is 5.02 Å². The van der Waals surface area contributed by atoms with Crippen LogP contribution < -0.4 is 20.7 Å². The second kappa shape index (κ2) is 23.0. The largest absolute Gasteiger partial charge is 0.491 e. The molecule has 0 aliphatic carbocycles. The van der Waals surface area contributed by atoms with Crippen LogP contribution in [0.25, 0.3) is 10.9 Å². The number of aromatic nitrogens is 2. The minimum absolute atomic E-state index is 0.0272. The number of carbonyl (C=O) groups is 4. The van der Waals surface area contributed by atoms with Crippen LogP contribution in [-0.4, -0.2) is 117 Å². The van der Waals surface area contributed by atoms with Crippen molar-refractivity contribution < 1.29 is 33.4 Å². The summed E-state index contributed by atoms with van der Waals surface area (Å²) in [6.45, 7) is 15.8. The van der Waals surface area contributed by atoms with Crippen molar-refractivity contribution in [2.24, 2.45) is 5.41 Å². The van der Waals surface area contributed by atoms with E-state index in [4.69, 9.17) is 16.3 Å². The third-order valence-corrected chi connectivity index (χ3v) is 11.8. The van der Waals surface area contributed by atoms with Crippen LogP contribution in [0.4, 0.5) is 21.6 Å². The highest BCUT2D eigenvalue weighted by Crippen LogP contribution is 2.34. The third kappa shape index (κ3) is 14.1. The Bertz CT molecular complexity index is 2020. The number of fused-ring (bicyclic) bond motifs is 1. The van der Waals surface area contributed by atoms with Gasteiger partial charge in [-0.3, -0.25) is 24.1 Å². The maximum absolute atomic E-state index is 13.7. The quantitative estimate of drug-likeness (QED) is 0.0633. The number of unbranched alkanes of at least 4 members (excludes halogenated alkanes) is 6. The van der Waals surface area contributed by atoms with Gasteiger partial charge in [0.25, 0.3) is 0 Å². The number of amides is 4. The van der Waals surface area contributed by atoms with Crippen LogP contribution >= 0.6 is 11.6 Å². The monoisotopic (exact) mass is 878 g/mol. The van der Waals surface area contributed by atoms with Gasteiger partial charge >= 0.3 is 0 Å². The predicted molar refractivity (Wildman–Crippen MR) is 241 cm³/mol. The molecule has 2 saturated heterocycles. The lowest BCUT2D eigenvalue weighted by molar-refractivity contribution is -0.140. The number of nitrogens with one attached hydrogen (secondary N) is 3. The standard InChI is InChI=1S/C46H64ClFN8O6/c1-6-40(58)52-38-27-34-37(49-30-50-44(34)51-32-17-18-36(48)35(47)26-32)28-39(38)62-24-14-19-54-20-22-55(23-21-54)42(60)16-13-11-9-7-8-10-12-15-41(59)53-43(46(3,4)5)45(61)56-29-33(57)25-31(56)2/h6,17-18,26-28,30-31,33,43,57H,1,7-16,19-25,29H2,2-5H3,(H,52,58)(H,53,59)(H,49,50,51)/t31-,33-,43-/m1/s1. The Kier molecular flexibility index (Phi) is 17.9. The predicted octanol–water partition coefficient (Wildman–Crippen LogP) is 7.23. The van der Waals surface area contributed by atoms with Crippen LogP contribution in [0.5, 0.6) is 5.75 Å². The van der Waals surface area contributed by atoms with Crippen LogP contribution in [-0.2, 0) is 19.2 Å². The van der Waals surface area contributed by atoms with E-state index in [1.807, 2.05) is 32.6 Å². The fraction of sp³-hybridized carbons (Fsp3) is 0.565. The van der Waals surface area contributed by atoms with Crippen molar-refractivity contribution in [2.75, 3.05) is 56.5 Å². The van der Waals surface area contributed by atoms with Gasteiger partial charge < -0.3 is 35.6 Å². The zero-order chi connectivity index (χ0) is 44.8. The molecular formula is C46H64ClFN8O6. The number of β-amino-alcohol motifs (C(OH)–C–C–N with tert-alkyl or cyclic N) is 1. The molecule has 2 fully saturated rings. The van der Waals surface area contributed by atoms with Gasteiger partial charge in [-0.25, -0.2) is 14.4 Å². The molecule has 0 saturated carbocycles. The maximum atomic E-state index is 13.7. The van der Waals surface area contributed by atoms with E-state index in [0.717, 1.165) is 71.0 Å². The number of ether oxygens (including phenoxy) is 1. The van der Waals surface area contributed by atoms with E-state index in [0.29, 0.717) is 79.3 Å². The zero-order valence-electron chi connectivity index (χ0n) is 36.7. The van der Waals surface area contributed by atoms with Crippen molar-refractivity contribution in [3.05, 3.63) is 60.2 Å². The van der Waals surface area contributed by atoms with Gasteiger partial charge in [0.05, 0.1) is 28.9 Å². The van der Waals surface area contributed by atoms with E-state index in [1.165, 1.54) is 24.5 Å². The Morgan fingerprint density at radius 1 is 0.984 bits per heavy atom. The summed E-state index contributed by atoms with van der Waals surface area (Å²) in [5.74, 6) is -0.0694. The fourth-order valence-electron chi connectivity index (χ4n) is 7.95. The summed E-state index contributed by atoms with van der Waals surface area (Å²) in [6, 6.07) is 7.06. The lowest BCUT2D eigenvalue weighted by Gasteiger charge is -2.35. The number of benzene rings is 2. The molecule has 3 heterocycles. The van der Waals surface area contributed by atoms with Crippen molar-refractivity contribution in [1.82, 2.24) is 30.0 Å². The van der Waals surface area contributed by atoms with E-state index in [1.54, 1.807) is 23.1 Å². The van der Waals surface area contributed by atoms with Crippen LogP contribution in [0.3, 0.4) is 0 Å². The van der Waals surface area contributed by atoms with Crippen LogP contribution in [0.15, 0.2) is 49.3 Å². The number of likely N-dealkylation sites (tertiary alicyclic amines) is 1. The molecule has 0 unspecified atom stereocenters. The molecular weight excluding hydrogens is 815 g/mol. The van der Waals surface area contributed by atoms with Crippen molar-refractivity contribution in [2.45, 2.75) is 117 Å². The molecule has 338 valence electrons. The first-order valence-corrected chi connectivity index (χ1v) is 22.4. The number of carbonyl (C=O) groups excluding carboxylic acids is 4. The first kappa shape index (κ1) is 48.2. The van der Waals surface area contributed by atoms with E-state index < -0.39 is 29.3 Å². The average Bonchev–Trinajstić information content (AvgIpc) is 3.58. The minimum atomic E-state index is -0.631. The van der Waals surface area contributed by atoms with Gasteiger partial charge in [0.1, 0.15) is 29.8 Å². The molecule has 0 bridgehead atoms. The normalized spacial score (nSPS) is 17.5.